The summed E-state index contributed by atoms with van der Waals surface area (Å²) < 4.78 is 0. The predicted molar refractivity (Wildman–Crippen MR) is 134 cm³/mol. The van der Waals surface area contributed by atoms with E-state index in [0.29, 0.717) is 0 Å². The Kier molecular flexibility index (Phi) is 19.4. The van der Waals surface area contributed by atoms with Gasteiger partial charge in [-0.15, -0.1) is 17.0 Å². The minimum absolute atomic E-state index is 0. The number of hydrogen-bond acceptors (Lipinski definition) is 1. The zero-order valence-corrected chi connectivity index (χ0v) is 20.9. The number of rotatable bonds is 18. The Hall–Kier alpha value is -0.500. The summed E-state index contributed by atoms with van der Waals surface area (Å²) in [6.07, 6.45) is 21.3. The second kappa shape index (κ2) is 19.8. The van der Waals surface area contributed by atoms with E-state index in [4.69, 9.17) is 0 Å². The Balaban J connectivity index is 0.00000729. The first-order valence-corrected chi connectivity index (χ1v) is 12.2. The summed E-state index contributed by atoms with van der Waals surface area (Å²) >= 11 is 0. The van der Waals surface area contributed by atoms with Crippen LogP contribution in [0.5, 0.6) is 0 Å². The van der Waals surface area contributed by atoms with Crippen LogP contribution in [0.4, 0.5) is 5.69 Å². The lowest BCUT2D eigenvalue weighted by molar-refractivity contribution is 0.535. The maximum absolute atomic E-state index is 2.49. The zero-order chi connectivity index (χ0) is 19.6. The molecule has 0 aliphatic carbocycles. The van der Waals surface area contributed by atoms with Crippen LogP contribution in [-0.4, -0.2) is 13.1 Å². The number of para-hydroxylation sites is 1. The average molecular weight is 455 g/mol. The molecule has 0 heterocycles. The van der Waals surface area contributed by atoms with Crippen molar-refractivity contribution < 1.29 is 0 Å². The molecular formula is C26H48BrN. The Morgan fingerprint density at radius 2 is 1.00 bits per heavy atom. The number of aryl methyl sites for hydroxylation is 1. The van der Waals surface area contributed by atoms with Crippen molar-refractivity contribution in [2.24, 2.45) is 0 Å². The van der Waals surface area contributed by atoms with Gasteiger partial charge in [-0.2, -0.15) is 0 Å². The van der Waals surface area contributed by atoms with Crippen LogP contribution in [0.15, 0.2) is 24.3 Å². The van der Waals surface area contributed by atoms with E-state index < -0.39 is 0 Å². The van der Waals surface area contributed by atoms with Gasteiger partial charge in [0.1, 0.15) is 0 Å². The van der Waals surface area contributed by atoms with E-state index in [-0.39, 0.29) is 17.0 Å². The molecule has 0 aliphatic rings. The average Bonchev–Trinajstić information content (AvgIpc) is 2.70. The van der Waals surface area contributed by atoms with Crippen LogP contribution in [0.2, 0.25) is 0 Å². The van der Waals surface area contributed by atoms with E-state index in [1.807, 2.05) is 0 Å². The molecule has 0 atom stereocenters. The van der Waals surface area contributed by atoms with E-state index in [0.717, 1.165) is 13.1 Å². The first kappa shape index (κ1) is 27.5. The van der Waals surface area contributed by atoms with Crippen molar-refractivity contribution in [1.82, 2.24) is 0 Å². The molecule has 1 aromatic carbocycles. The maximum Gasteiger partial charge on any atom is 0.0398 e. The molecular weight excluding hydrogens is 406 g/mol. The third-order valence-corrected chi connectivity index (χ3v) is 5.90. The molecule has 1 aromatic rings. The summed E-state index contributed by atoms with van der Waals surface area (Å²) in [5.74, 6) is 0. The summed E-state index contributed by atoms with van der Waals surface area (Å²) in [5, 5.41) is 0. The molecule has 1 nitrogen and oxygen atoms in total. The van der Waals surface area contributed by atoms with Gasteiger partial charge in [0, 0.05) is 18.8 Å². The maximum atomic E-state index is 2.49. The molecule has 0 fully saturated rings. The fourth-order valence-electron chi connectivity index (χ4n) is 4.11. The molecule has 164 valence electrons. The van der Waals surface area contributed by atoms with Crippen LogP contribution >= 0.6 is 17.0 Å². The third kappa shape index (κ3) is 12.9. The quantitative estimate of drug-likeness (QED) is 0.200. The highest BCUT2D eigenvalue weighted by molar-refractivity contribution is 8.93. The second-order valence-corrected chi connectivity index (χ2v) is 8.15. The van der Waals surface area contributed by atoms with Crippen molar-refractivity contribution in [3.8, 4) is 0 Å². The fraction of sp³-hybridized carbons (Fsp3) is 0.769. The molecule has 28 heavy (non-hydrogen) atoms. The van der Waals surface area contributed by atoms with E-state index in [2.05, 4.69) is 49.9 Å². The van der Waals surface area contributed by atoms with Gasteiger partial charge in [-0.3, -0.25) is 0 Å². The van der Waals surface area contributed by atoms with Crippen molar-refractivity contribution in [1.29, 1.82) is 0 Å². The summed E-state index contributed by atoms with van der Waals surface area (Å²) in [4.78, 5) is 2.49. The summed E-state index contributed by atoms with van der Waals surface area (Å²) in [6, 6.07) is 9.01. The van der Waals surface area contributed by atoms with Gasteiger partial charge in [-0.1, -0.05) is 109 Å². The molecule has 0 N–H and O–H groups in total. The first-order valence-electron chi connectivity index (χ1n) is 12.2. The Morgan fingerprint density at radius 1 is 0.571 bits per heavy atom. The Labute approximate surface area is 187 Å². The third-order valence-electron chi connectivity index (χ3n) is 5.90. The minimum Gasteiger partial charge on any atom is -0.372 e. The zero-order valence-electron chi connectivity index (χ0n) is 19.2. The molecule has 0 aromatic heterocycles. The number of nitrogens with zero attached hydrogens (tertiary/aromatic N) is 1. The Morgan fingerprint density at radius 3 is 1.46 bits per heavy atom. The van der Waals surface area contributed by atoms with Gasteiger partial charge in [-0.25, -0.2) is 0 Å². The predicted octanol–water partition coefficient (Wildman–Crippen LogP) is 9.13. The normalized spacial score (nSPS) is 10.7. The highest BCUT2D eigenvalue weighted by atomic mass is 79.9. The fourth-order valence-corrected chi connectivity index (χ4v) is 4.11. The lowest BCUT2D eigenvalue weighted by atomic mass is 10.0. The highest BCUT2D eigenvalue weighted by Gasteiger charge is 2.07. The molecule has 0 saturated carbocycles. The summed E-state index contributed by atoms with van der Waals surface area (Å²) in [7, 11) is 0. The largest absolute Gasteiger partial charge is 0.372 e. The molecule has 0 amide bonds. The van der Waals surface area contributed by atoms with Crippen LogP contribution < -0.4 is 4.90 Å². The standard InChI is InChI=1S/C26H47N.BrH/c1-4-7-8-9-10-11-12-13-14-15-16-17-18-19-22-25-23-20-21-24-26(25)27(5-2)6-3;/h20-21,23-24H,4-19,22H2,1-3H3;1H. The summed E-state index contributed by atoms with van der Waals surface area (Å²) in [6.45, 7) is 9.02. The molecule has 1 rings (SSSR count). The topological polar surface area (TPSA) is 3.24 Å². The number of hydrogen-bond donors (Lipinski definition) is 0. The van der Waals surface area contributed by atoms with E-state index >= 15 is 0 Å². The van der Waals surface area contributed by atoms with Gasteiger partial charge >= 0.3 is 0 Å². The van der Waals surface area contributed by atoms with Crippen LogP contribution in [0.3, 0.4) is 0 Å². The van der Waals surface area contributed by atoms with E-state index in [1.54, 1.807) is 5.56 Å². The molecule has 2 heteroatoms. The lowest BCUT2D eigenvalue weighted by Gasteiger charge is -2.24. The van der Waals surface area contributed by atoms with Crippen LogP contribution in [0.1, 0.15) is 116 Å². The number of benzene rings is 1. The van der Waals surface area contributed by atoms with Gasteiger partial charge in [-0.05, 0) is 38.3 Å². The Bertz CT molecular complexity index is 442. The highest BCUT2D eigenvalue weighted by Crippen LogP contribution is 2.22. The molecule has 0 saturated heterocycles. The molecule has 0 spiro atoms. The SMILES string of the molecule is Br.CCCCCCCCCCCCCCCCc1ccccc1N(CC)CC. The van der Waals surface area contributed by atoms with Crippen LogP contribution in [-0.2, 0) is 6.42 Å². The van der Waals surface area contributed by atoms with Crippen molar-refractivity contribution in [2.45, 2.75) is 117 Å². The van der Waals surface area contributed by atoms with E-state index in [1.165, 1.54) is 102 Å². The monoisotopic (exact) mass is 453 g/mol. The smallest absolute Gasteiger partial charge is 0.0398 e. The van der Waals surface area contributed by atoms with Crippen molar-refractivity contribution in [3.63, 3.8) is 0 Å². The number of anilines is 1. The van der Waals surface area contributed by atoms with Gasteiger partial charge in [0.25, 0.3) is 0 Å². The van der Waals surface area contributed by atoms with E-state index in [9.17, 15) is 0 Å². The van der Waals surface area contributed by atoms with Gasteiger partial charge in [0.15, 0.2) is 0 Å². The molecule has 0 bridgehead atoms. The second-order valence-electron chi connectivity index (χ2n) is 8.15. The molecule has 0 radical (unpaired) electrons. The number of unbranched alkanes of at least 4 members (excludes halogenated alkanes) is 13. The minimum atomic E-state index is 0. The van der Waals surface area contributed by atoms with Gasteiger partial charge in [0.2, 0.25) is 0 Å². The van der Waals surface area contributed by atoms with Crippen LogP contribution in [0.25, 0.3) is 0 Å². The summed E-state index contributed by atoms with van der Waals surface area (Å²) in [5.41, 5.74) is 3.00. The van der Waals surface area contributed by atoms with Gasteiger partial charge < -0.3 is 4.90 Å². The number of halogens is 1. The molecule has 0 unspecified atom stereocenters. The van der Waals surface area contributed by atoms with Crippen molar-refractivity contribution >= 4 is 22.7 Å². The lowest BCUT2D eigenvalue weighted by Crippen LogP contribution is -2.23. The first-order chi connectivity index (χ1) is 13.3. The van der Waals surface area contributed by atoms with Crippen molar-refractivity contribution in [3.05, 3.63) is 29.8 Å². The molecule has 0 aliphatic heterocycles. The van der Waals surface area contributed by atoms with Gasteiger partial charge in [0.05, 0.1) is 0 Å². The van der Waals surface area contributed by atoms with Crippen LogP contribution in [0, 0.1) is 0 Å². The van der Waals surface area contributed by atoms with Crippen molar-refractivity contribution in [2.75, 3.05) is 18.0 Å².